The highest BCUT2D eigenvalue weighted by Crippen LogP contribution is 2.32. The van der Waals surface area contributed by atoms with Crippen LogP contribution in [0.15, 0.2) is 48.5 Å². The first-order chi connectivity index (χ1) is 13.7. The lowest BCUT2D eigenvalue weighted by Gasteiger charge is -2.31. The molecule has 2 aromatic carbocycles. The Hall–Kier alpha value is -1.95. The van der Waals surface area contributed by atoms with E-state index in [-0.39, 0.29) is 5.91 Å². The van der Waals surface area contributed by atoms with E-state index in [9.17, 15) is 4.79 Å². The van der Waals surface area contributed by atoms with Gasteiger partial charge in [0.05, 0.1) is 21.8 Å². The van der Waals surface area contributed by atoms with E-state index in [0.717, 1.165) is 42.9 Å². The van der Waals surface area contributed by atoms with Crippen molar-refractivity contribution in [3.63, 3.8) is 0 Å². The van der Waals surface area contributed by atoms with E-state index in [1.807, 2.05) is 30.3 Å². The normalized spacial score (nSPS) is 17.7. The second kappa shape index (κ2) is 9.03. The fourth-order valence-electron chi connectivity index (χ4n) is 3.72. The van der Waals surface area contributed by atoms with Crippen LogP contribution >= 0.6 is 22.9 Å². The van der Waals surface area contributed by atoms with E-state index in [0.29, 0.717) is 19.0 Å². The molecule has 0 radical (unpaired) electrons. The van der Waals surface area contributed by atoms with Gasteiger partial charge >= 0.3 is 0 Å². The van der Waals surface area contributed by atoms with Gasteiger partial charge in [0, 0.05) is 24.0 Å². The van der Waals surface area contributed by atoms with Crippen molar-refractivity contribution >= 4 is 39.1 Å². The summed E-state index contributed by atoms with van der Waals surface area (Å²) in [5.41, 5.74) is 2.26. The Labute approximate surface area is 174 Å². The number of piperidine rings is 1. The van der Waals surface area contributed by atoms with Crippen molar-refractivity contribution in [2.45, 2.75) is 25.2 Å². The van der Waals surface area contributed by atoms with Gasteiger partial charge in [-0.15, -0.1) is 11.3 Å². The molecule has 0 aliphatic carbocycles. The van der Waals surface area contributed by atoms with Crippen LogP contribution in [0.2, 0.25) is 5.02 Å². The number of rotatable bonds is 6. The number of fused-ring (bicyclic) bond motifs is 1. The maximum absolute atomic E-state index is 12.4. The molecule has 1 saturated heterocycles. The maximum Gasteiger partial charge on any atom is 0.234 e. The summed E-state index contributed by atoms with van der Waals surface area (Å²) < 4.78 is 1.24. The van der Waals surface area contributed by atoms with Crippen LogP contribution in [0, 0.1) is 0 Å². The zero-order chi connectivity index (χ0) is 19.3. The molecule has 0 spiro atoms. The molecule has 1 atom stereocenters. The van der Waals surface area contributed by atoms with Crippen LogP contribution < -0.4 is 5.32 Å². The fraction of sp³-hybridized carbons (Fsp3) is 0.364. The number of hydrogen-bond acceptors (Lipinski definition) is 4. The van der Waals surface area contributed by atoms with Gasteiger partial charge in [-0.25, -0.2) is 4.98 Å². The molecule has 1 amide bonds. The Morgan fingerprint density at radius 1 is 1.21 bits per heavy atom. The fourth-order valence-corrected chi connectivity index (χ4v) is 4.94. The molecule has 4 nitrogen and oxygen atoms in total. The number of para-hydroxylation sites is 1. The minimum Gasteiger partial charge on any atom is -0.355 e. The van der Waals surface area contributed by atoms with Gasteiger partial charge in [-0.3, -0.25) is 9.69 Å². The number of carbonyl (C=O) groups is 1. The van der Waals surface area contributed by atoms with Gasteiger partial charge in [-0.1, -0.05) is 35.9 Å². The summed E-state index contributed by atoms with van der Waals surface area (Å²) in [7, 11) is 0. The van der Waals surface area contributed by atoms with Gasteiger partial charge in [0.15, 0.2) is 0 Å². The van der Waals surface area contributed by atoms with E-state index >= 15 is 0 Å². The second-order valence-electron chi connectivity index (χ2n) is 7.32. The molecular formula is C22H24ClN3OS. The first kappa shape index (κ1) is 19.4. The first-order valence-corrected chi connectivity index (χ1v) is 11.0. The van der Waals surface area contributed by atoms with Crippen LogP contribution in [-0.2, 0) is 11.2 Å². The Morgan fingerprint density at radius 2 is 2.04 bits per heavy atom. The van der Waals surface area contributed by atoms with Crippen LogP contribution in [0.25, 0.3) is 10.2 Å². The highest BCUT2D eigenvalue weighted by Gasteiger charge is 2.25. The van der Waals surface area contributed by atoms with Crippen LogP contribution in [0.3, 0.4) is 0 Å². The van der Waals surface area contributed by atoms with Gasteiger partial charge in [-0.2, -0.15) is 0 Å². The Balaban J connectivity index is 1.27. The number of halogens is 1. The SMILES string of the molecule is O=C(CN1CCC[C@H](c2nc3ccccc3s2)C1)NCCc1ccc(Cl)cc1. The summed E-state index contributed by atoms with van der Waals surface area (Å²) in [5.74, 6) is 0.520. The molecule has 0 unspecified atom stereocenters. The lowest BCUT2D eigenvalue weighted by Crippen LogP contribution is -2.42. The van der Waals surface area contributed by atoms with E-state index in [2.05, 4.69) is 28.4 Å². The Morgan fingerprint density at radius 3 is 2.86 bits per heavy atom. The molecule has 146 valence electrons. The summed E-state index contributed by atoms with van der Waals surface area (Å²) in [6.07, 6.45) is 3.07. The highest BCUT2D eigenvalue weighted by atomic mass is 35.5. The van der Waals surface area contributed by atoms with Crippen molar-refractivity contribution in [2.75, 3.05) is 26.2 Å². The number of hydrogen-bond donors (Lipinski definition) is 1. The lowest BCUT2D eigenvalue weighted by molar-refractivity contribution is -0.122. The minimum absolute atomic E-state index is 0.0962. The number of thiazole rings is 1. The molecule has 1 aliphatic heterocycles. The van der Waals surface area contributed by atoms with Gasteiger partial charge < -0.3 is 5.32 Å². The topological polar surface area (TPSA) is 45.2 Å². The Kier molecular flexibility index (Phi) is 6.25. The molecule has 0 saturated carbocycles. The van der Waals surface area contributed by atoms with Crippen molar-refractivity contribution < 1.29 is 4.79 Å². The molecule has 6 heteroatoms. The van der Waals surface area contributed by atoms with Gasteiger partial charge in [0.2, 0.25) is 5.91 Å². The lowest BCUT2D eigenvalue weighted by atomic mass is 9.99. The van der Waals surface area contributed by atoms with Crippen molar-refractivity contribution in [3.8, 4) is 0 Å². The average molecular weight is 414 g/mol. The molecule has 1 aromatic heterocycles. The molecule has 0 bridgehead atoms. The number of nitrogens with zero attached hydrogens (tertiary/aromatic N) is 2. The maximum atomic E-state index is 12.4. The third-order valence-electron chi connectivity index (χ3n) is 5.18. The molecule has 3 aromatic rings. The summed E-state index contributed by atoms with van der Waals surface area (Å²) in [6, 6.07) is 16.1. The third kappa shape index (κ3) is 4.90. The zero-order valence-electron chi connectivity index (χ0n) is 15.7. The molecular weight excluding hydrogens is 390 g/mol. The third-order valence-corrected chi connectivity index (χ3v) is 6.63. The number of nitrogens with one attached hydrogen (secondary N) is 1. The number of aromatic nitrogens is 1. The minimum atomic E-state index is 0.0962. The van der Waals surface area contributed by atoms with Crippen molar-refractivity contribution in [2.24, 2.45) is 0 Å². The van der Waals surface area contributed by atoms with Gasteiger partial charge in [0.25, 0.3) is 0 Å². The van der Waals surface area contributed by atoms with Gasteiger partial charge in [0.1, 0.15) is 0 Å². The number of carbonyl (C=O) groups excluding carboxylic acids is 1. The second-order valence-corrected chi connectivity index (χ2v) is 8.82. The number of amides is 1. The van der Waals surface area contributed by atoms with Crippen molar-refractivity contribution in [3.05, 3.63) is 64.1 Å². The molecule has 1 fully saturated rings. The first-order valence-electron chi connectivity index (χ1n) is 9.76. The monoisotopic (exact) mass is 413 g/mol. The molecule has 1 N–H and O–H groups in total. The zero-order valence-corrected chi connectivity index (χ0v) is 17.3. The standard InChI is InChI=1S/C22H24ClN3OS/c23-18-9-7-16(8-10-18)11-12-24-21(27)15-26-13-3-4-17(14-26)22-25-19-5-1-2-6-20(19)28-22/h1-2,5-10,17H,3-4,11-15H2,(H,24,27)/t17-/m0/s1. The highest BCUT2D eigenvalue weighted by molar-refractivity contribution is 7.18. The van der Waals surface area contributed by atoms with Crippen molar-refractivity contribution in [1.29, 1.82) is 0 Å². The predicted molar refractivity (Wildman–Crippen MR) is 116 cm³/mol. The van der Waals surface area contributed by atoms with E-state index in [1.165, 1.54) is 15.3 Å². The number of likely N-dealkylation sites (tertiary alicyclic amines) is 1. The quantitative estimate of drug-likeness (QED) is 0.647. The van der Waals surface area contributed by atoms with Crippen LogP contribution in [0.4, 0.5) is 0 Å². The summed E-state index contributed by atoms with van der Waals surface area (Å²) in [5, 5.41) is 4.98. The molecule has 2 heterocycles. The average Bonchev–Trinajstić information content (AvgIpc) is 3.14. The van der Waals surface area contributed by atoms with E-state index in [1.54, 1.807) is 11.3 Å². The summed E-state index contributed by atoms with van der Waals surface area (Å²) >= 11 is 7.69. The number of benzene rings is 2. The molecule has 1 aliphatic rings. The molecule has 28 heavy (non-hydrogen) atoms. The molecule has 4 rings (SSSR count). The van der Waals surface area contributed by atoms with E-state index in [4.69, 9.17) is 16.6 Å². The predicted octanol–water partition coefficient (Wildman–Crippen LogP) is 4.49. The smallest absolute Gasteiger partial charge is 0.234 e. The summed E-state index contributed by atoms with van der Waals surface area (Å²) in [6.45, 7) is 2.99. The van der Waals surface area contributed by atoms with Gasteiger partial charge in [-0.05, 0) is 55.6 Å². The Bertz CT molecular complexity index is 907. The largest absolute Gasteiger partial charge is 0.355 e. The summed E-state index contributed by atoms with van der Waals surface area (Å²) in [4.78, 5) is 19.4. The van der Waals surface area contributed by atoms with Crippen LogP contribution in [0.1, 0.15) is 29.3 Å². The van der Waals surface area contributed by atoms with Crippen LogP contribution in [-0.4, -0.2) is 42.0 Å². The van der Waals surface area contributed by atoms with Crippen molar-refractivity contribution in [1.82, 2.24) is 15.2 Å². The van der Waals surface area contributed by atoms with Crippen LogP contribution in [0.5, 0.6) is 0 Å². The van der Waals surface area contributed by atoms with E-state index < -0.39 is 0 Å².